The number of hydrogen-bond acceptors (Lipinski definition) is 5. The van der Waals surface area contributed by atoms with Crippen molar-refractivity contribution in [2.24, 2.45) is 0 Å². The molecule has 0 rings (SSSR count). The zero-order chi connectivity index (χ0) is 41.0. The van der Waals surface area contributed by atoms with E-state index in [1.165, 1.54) is 116 Å². The van der Waals surface area contributed by atoms with E-state index in [4.69, 9.17) is 4.74 Å². The number of amides is 1. The van der Waals surface area contributed by atoms with Gasteiger partial charge in [0.15, 0.2) is 0 Å². The van der Waals surface area contributed by atoms with E-state index in [0.717, 1.165) is 70.6 Å². The first-order valence-corrected chi connectivity index (χ1v) is 23.9. The van der Waals surface area contributed by atoms with Gasteiger partial charge in [-0.3, -0.25) is 9.59 Å². The maximum absolute atomic E-state index is 13.1. The lowest BCUT2D eigenvalue weighted by Crippen LogP contribution is -2.46. The van der Waals surface area contributed by atoms with Gasteiger partial charge in [0.25, 0.3) is 0 Å². The van der Waals surface area contributed by atoms with Crippen molar-refractivity contribution in [3.63, 3.8) is 0 Å². The molecule has 1 amide bonds. The minimum atomic E-state index is -0.795. The molecule has 3 N–H and O–H groups in total. The van der Waals surface area contributed by atoms with Crippen molar-refractivity contribution in [1.29, 1.82) is 0 Å². The second kappa shape index (κ2) is 43.9. The Labute approximate surface area is 346 Å². The number of aliphatic hydroxyl groups is 2. The normalized spacial score (nSPS) is 13.7. The molecule has 0 aromatic heterocycles. The Morgan fingerprint density at radius 1 is 0.536 bits per heavy atom. The van der Waals surface area contributed by atoms with E-state index >= 15 is 0 Å². The second-order valence-corrected chi connectivity index (χ2v) is 16.2. The van der Waals surface area contributed by atoms with Crippen LogP contribution < -0.4 is 5.32 Å². The lowest BCUT2D eigenvalue weighted by Gasteiger charge is -2.24. The van der Waals surface area contributed by atoms with Crippen LogP contribution in [0.2, 0.25) is 0 Å². The van der Waals surface area contributed by atoms with Crippen LogP contribution in [0.5, 0.6) is 0 Å². The number of carbonyl (C=O) groups is 2. The third-order valence-electron chi connectivity index (χ3n) is 10.8. The first kappa shape index (κ1) is 53.8. The maximum Gasteiger partial charge on any atom is 0.306 e. The summed E-state index contributed by atoms with van der Waals surface area (Å²) in [5.74, 6) is -0.509. The molecule has 0 aliphatic heterocycles. The monoisotopic (exact) mass is 786 g/mol. The van der Waals surface area contributed by atoms with Crippen LogP contribution in [0, 0.1) is 0 Å². The summed E-state index contributed by atoms with van der Waals surface area (Å²) in [4.78, 5) is 26.0. The number of nitrogens with one attached hydrogen (secondary N) is 1. The quantitative estimate of drug-likeness (QED) is 0.0325. The van der Waals surface area contributed by atoms with Crippen LogP contribution in [-0.4, -0.2) is 46.9 Å². The number of ether oxygens (including phenoxy) is 1. The van der Waals surface area contributed by atoms with Gasteiger partial charge in [0.1, 0.15) is 6.10 Å². The fourth-order valence-corrected chi connectivity index (χ4v) is 7.15. The molecule has 0 aliphatic carbocycles. The summed E-state index contributed by atoms with van der Waals surface area (Å²) < 4.78 is 5.90. The average Bonchev–Trinajstić information content (AvgIpc) is 3.19. The third kappa shape index (κ3) is 38.7. The minimum Gasteiger partial charge on any atom is -0.462 e. The Morgan fingerprint density at radius 3 is 1.46 bits per heavy atom. The standard InChI is InChI=1S/C50H91NO5/c1-4-7-10-13-16-19-22-24-26-28-31-34-37-40-43-50(55)56-46(41-38-35-32-29-27-25-23-20-17-14-11-8-5-2)44-49(54)51-47(45-52)48(53)42-39-36-33-30-21-18-15-12-9-6-3/h8,11,14,17,20,23,25,27,46-48,52-53H,4-7,9-10,12-13,15-16,18-19,21-22,24,26,28-45H2,1-3H3,(H,51,54)/b11-8+,17-14+,23-20+,27-25-. The summed E-state index contributed by atoms with van der Waals surface area (Å²) >= 11 is 0. The lowest BCUT2D eigenvalue weighted by molar-refractivity contribution is -0.151. The zero-order valence-corrected chi connectivity index (χ0v) is 37.0. The van der Waals surface area contributed by atoms with Crippen LogP contribution in [-0.2, 0) is 14.3 Å². The van der Waals surface area contributed by atoms with E-state index in [9.17, 15) is 19.8 Å². The van der Waals surface area contributed by atoms with Crippen LogP contribution in [0.25, 0.3) is 0 Å². The van der Waals surface area contributed by atoms with Crippen molar-refractivity contribution in [3.8, 4) is 0 Å². The number of carbonyl (C=O) groups excluding carboxylic acids is 2. The molecule has 0 heterocycles. The molecule has 6 heteroatoms. The molecule has 0 aromatic carbocycles. The Hall–Kier alpha value is -2.18. The number of aliphatic hydroxyl groups excluding tert-OH is 2. The molecule has 0 bridgehead atoms. The van der Waals surface area contributed by atoms with Gasteiger partial charge in [0.2, 0.25) is 5.91 Å². The third-order valence-corrected chi connectivity index (χ3v) is 10.8. The van der Waals surface area contributed by atoms with Crippen molar-refractivity contribution in [2.45, 2.75) is 251 Å². The Bertz CT molecular complexity index is 972. The van der Waals surface area contributed by atoms with Gasteiger partial charge in [-0.15, -0.1) is 0 Å². The van der Waals surface area contributed by atoms with Crippen LogP contribution in [0.1, 0.15) is 233 Å². The first-order chi connectivity index (χ1) is 27.5. The maximum atomic E-state index is 13.1. The highest BCUT2D eigenvalue weighted by molar-refractivity contribution is 5.77. The molecule has 0 fully saturated rings. The van der Waals surface area contributed by atoms with Crippen molar-refractivity contribution < 1.29 is 24.5 Å². The molecule has 0 saturated heterocycles. The van der Waals surface area contributed by atoms with Crippen molar-refractivity contribution >= 4 is 11.9 Å². The Balaban J connectivity index is 4.64. The number of rotatable bonds is 42. The van der Waals surface area contributed by atoms with Crippen molar-refractivity contribution in [3.05, 3.63) is 48.6 Å². The fraction of sp³-hybridized carbons (Fsp3) is 0.800. The predicted molar refractivity (Wildman–Crippen MR) is 241 cm³/mol. The van der Waals surface area contributed by atoms with Crippen LogP contribution in [0.15, 0.2) is 48.6 Å². The molecule has 0 aromatic rings. The summed E-state index contributed by atoms with van der Waals surface area (Å²) in [6, 6.07) is -0.711. The molecule has 0 spiro atoms. The highest BCUT2D eigenvalue weighted by Crippen LogP contribution is 2.17. The van der Waals surface area contributed by atoms with Gasteiger partial charge in [-0.05, 0) is 44.9 Å². The number of esters is 1. The first-order valence-electron chi connectivity index (χ1n) is 23.9. The number of unbranched alkanes of at least 4 members (excludes halogenated alkanes) is 25. The van der Waals surface area contributed by atoms with Gasteiger partial charge in [-0.2, -0.15) is 0 Å². The predicted octanol–water partition coefficient (Wildman–Crippen LogP) is 13.9. The van der Waals surface area contributed by atoms with E-state index < -0.39 is 18.2 Å². The number of allylic oxidation sites excluding steroid dienone is 8. The zero-order valence-electron chi connectivity index (χ0n) is 37.0. The van der Waals surface area contributed by atoms with E-state index in [0.29, 0.717) is 19.3 Å². The molecular weight excluding hydrogens is 695 g/mol. The summed E-state index contributed by atoms with van der Waals surface area (Å²) in [5, 5.41) is 23.6. The van der Waals surface area contributed by atoms with Gasteiger partial charge in [0.05, 0.1) is 25.2 Å². The molecule has 0 aliphatic rings. The molecular formula is C50H91NO5. The van der Waals surface area contributed by atoms with E-state index in [-0.39, 0.29) is 24.9 Å². The molecule has 0 radical (unpaired) electrons. The smallest absolute Gasteiger partial charge is 0.306 e. The molecule has 6 nitrogen and oxygen atoms in total. The van der Waals surface area contributed by atoms with E-state index in [1.807, 2.05) is 24.3 Å². The largest absolute Gasteiger partial charge is 0.462 e. The number of hydrogen-bond donors (Lipinski definition) is 3. The summed E-state index contributed by atoms with van der Waals surface area (Å²) in [5.41, 5.74) is 0. The summed E-state index contributed by atoms with van der Waals surface area (Å²) in [6.07, 6.45) is 51.7. The van der Waals surface area contributed by atoms with Gasteiger partial charge < -0.3 is 20.3 Å². The van der Waals surface area contributed by atoms with Gasteiger partial charge in [-0.25, -0.2) is 0 Å². The van der Waals surface area contributed by atoms with E-state index in [2.05, 4.69) is 50.4 Å². The SMILES string of the molecule is CC/C=C/C=C/C=C/C=C\CCCCCC(CC(=O)NC(CO)C(O)CCCCCCCCCCCC)OC(=O)CCCCCCCCCCCCCCCC. The van der Waals surface area contributed by atoms with Crippen molar-refractivity contribution in [2.75, 3.05) is 6.61 Å². The highest BCUT2D eigenvalue weighted by Gasteiger charge is 2.24. The molecule has 56 heavy (non-hydrogen) atoms. The molecule has 326 valence electrons. The van der Waals surface area contributed by atoms with Crippen LogP contribution in [0.4, 0.5) is 0 Å². The van der Waals surface area contributed by atoms with Crippen LogP contribution >= 0.6 is 0 Å². The minimum absolute atomic E-state index is 0.0532. The Kier molecular flexibility index (Phi) is 42.2. The van der Waals surface area contributed by atoms with Crippen molar-refractivity contribution in [1.82, 2.24) is 5.32 Å². The topological polar surface area (TPSA) is 95.9 Å². The summed E-state index contributed by atoms with van der Waals surface area (Å²) in [6.45, 7) is 6.32. The average molecular weight is 786 g/mol. The van der Waals surface area contributed by atoms with Gasteiger partial charge in [0, 0.05) is 6.42 Å². The van der Waals surface area contributed by atoms with E-state index in [1.54, 1.807) is 0 Å². The summed E-state index contributed by atoms with van der Waals surface area (Å²) in [7, 11) is 0. The molecule has 3 atom stereocenters. The fourth-order valence-electron chi connectivity index (χ4n) is 7.15. The second-order valence-electron chi connectivity index (χ2n) is 16.2. The molecule has 3 unspecified atom stereocenters. The van der Waals surface area contributed by atoms with Gasteiger partial charge >= 0.3 is 5.97 Å². The highest BCUT2D eigenvalue weighted by atomic mass is 16.5. The van der Waals surface area contributed by atoms with Gasteiger partial charge in [-0.1, -0.05) is 223 Å². The molecule has 0 saturated carbocycles. The van der Waals surface area contributed by atoms with Crippen LogP contribution in [0.3, 0.4) is 0 Å². The Morgan fingerprint density at radius 2 is 0.964 bits per heavy atom. The lowest BCUT2D eigenvalue weighted by atomic mass is 10.0.